The Kier molecular flexibility index (Phi) is 7.19. The number of ether oxygens (including phenoxy) is 1. The Morgan fingerprint density at radius 2 is 1.71 bits per heavy atom. The van der Waals surface area contributed by atoms with E-state index in [1.54, 1.807) is 42.3 Å². The Balaban J connectivity index is 1.44. The molecule has 0 unspecified atom stereocenters. The van der Waals surface area contributed by atoms with E-state index in [2.05, 4.69) is 21.8 Å². The monoisotopic (exact) mass is 479 g/mol. The highest BCUT2D eigenvalue weighted by atomic mass is 32.2. The Morgan fingerprint density at radius 3 is 2.41 bits per heavy atom. The Labute approximate surface area is 201 Å². The van der Waals surface area contributed by atoms with Crippen LogP contribution in [0, 0.1) is 6.92 Å². The first-order valence-electron chi connectivity index (χ1n) is 11.2. The number of carbonyl (C=O) groups excluding carboxylic acids is 1. The van der Waals surface area contributed by atoms with Crippen molar-refractivity contribution in [1.29, 1.82) is 0 Å². The lowest BCUT2D eigenvalue weighted by molar-refractivity contribution is 0.0785. The van der Waals surface area contributed by atoms with E-state index >= 15 is 0 Å². The first-order valence-corrected chi connectivity index (χ1v) is 12.7. The fraction of sp³-hybridized carbons (Fsp3) is 0.269. The van der Waals surface area contributed by atoms with Crippen LogP contribution in [0.3, 0.4) is 0 Å². The summed E-state index contributed by atoms with van der Waals surface area (Å²) in [6.45, 7) is 5.51. The molecule has 0 bridgehead atoms. The summed E-state index contributed by atoms with van der Waals surface area (Å²) in [6.07, 6.45) is 0. The molecule has 3 aromatic rings. The van der Waals surface area contributed by atoms with Crippen molar-refractivity contribution in [2.75, 3.05) is 43.0 Å². The van der Waals surface area contributed by atoms with Gasteiger partial charge in [0.25, 0.3) is 15.9 Å². The Morgan fingerprint density at radius 1 is 1.00 bits per heavy atom. The van der Waals surface area contributed by atoms with Gasteiger partial charge in [-0.05, 0) is 60.5 Å². The molecule has 1 amide bonds. The second kappa shape index (κ2) is 10.3. The van der Waals surface area contributed by atoms with Gasteiger partial charge in [-0.25, -0.2) is 8.42 Å². The lowest BCUT2D eigenvalue weighted by Gasteiger charge is -2.29. The molecule has 1 saturated heterocycles. The molecule has 178 valence electrons. The Hall–Kier alpha value is -3.36. The predicted molar refractivity (Wildman–Crippen MR) is 134 cm³/mol. The number of carbonyl (C=O) groups is 1. The van der Waals surface area contributed by atoms with Crippen molar-refractivity contribution in [1.82, 2.24) is 4.90 Å². The number of nitrogens with one attached hydrogen (secondary N) is 1. The number of rotatable bonds is 7. The standard InChI is InChI=1S/C26H29N3O4S/c1-20-5-3-7-23(17-20)27-34(31,32)25-8-4-6-22(18-25)26(30)28(2)19-21-9-11-24(12-10-21)29-13-15-33-16-14-29/h3-12,17-18,27H,13-16,19H2,1-2H3. The van der Waals surface area contributed by atoms with Crippen molar-refractivity contribution in [3.8, 4) is 0 Å². The van der Waals surface area contributed by atoms with Gasteiger partial charge in [-0.2, -0.15) is 0 Å². The zero-order valence-electron chi connectivity index (χ0n) is 19.4. The van der Waals surface area contributed by atoms with E-state index in [9.17, 15) is 13.2 Å². The number of hydrogen-bond donors (Lipinski definition) is 1. The van der Waals surface area contributed by atoms with Crippen LogP contribution in [0.25, 0.3) is 0 Å². The average Bonchev–Trinajstić information content (AvgIpc) is 2.84. The molecule has 0 saturated carbocycles. The first kappa shape index (κ1) is 23.8. The summed E-state index contributed by atoms with van der Waals surface area (Å²) in [7, 11) is -2.11. The number of benzene rings is 3. The second-order valence-electron chi connectivity index (χ2n) is 8.43. The smallest absolute Gasteiger partial charge is 0.261 e. The highest BCUT2D eigenvalue weighted by Gasteiger charge is 2.19. The molecule has 1 aliphatic rings. The van der Waals surface area contributed by atoms with Crippen molar-refractivity contribution < 1.29 is 17.9 Å². The molecule has 0 aliphatic carbocycles. The summed E-state index contributed by atoms with van der Waals surface area (Å²) in [6, 6.07) is 21.4. The van der Waals surface area contributed by atoms with Gasteiger partial charge in [-0.1, -0.05) is 30.3 Å². The normalized spacial score (nSPS) is 14.0. The number of anilines is 2. The third-order valence-corrected chi connectivity index (χ3v) is 7.12. The van der Waals surface area contributed by atoms with Crippen LogP contribution < -0.4 is 9.62 Å². The number of sulfonamides is 1. The molecule has 0 aromatic heterocycles. The third kappa shape index (κ3) is 5.76. The molecule has 1 aliphatic heterocycles. The van der Waals surface area contributed by atoms with E-state index < -0.39 is 10.0 Å². The number of aryl methyl sites for hydroxylation is 1. The fourth-order valence-corrected chi connectivity index (χ4v) is 5.01. The fourth-order valence-electron chi connectivity index (χ4n) is 3.92. The van der Waals surface area contributed by atoms with Crippen molar-refractivity contribution in [2.45, 2.75) is 18.4 Å². The summed E-state index contributed by atoms with van der Waals surface area (Å²) in [5.41, 5.74) is 3.88. The van der Waals surface area contributed by atoms with Gasteiger partial charge >= 0.3 is 0 Å². The van der Waals surface area contributed by atoms with Crippen LogP contribution in [0.1, 0.15) is 21.5 Å². The molecule has 7 nitrogen and oxygen atoms in total. The molecule has 1 heterocycles. The number of nitrogens with zero attached hydrogens (tertiary/aromatic N) is 2. The number of hydrogen-bond acceptors (Lipinski definition) is 5. The molecule has 0 spiro atoms. The molecule has 34 heavy (non-hydrogen) atoms. The first-order chi connectivity index (χ1) is 16.3. The van der Waals surface area contributed by atoms with Crippen LogP contribution in [0.2, 0.25) is 0 Å². The summed E-state index contributed by atoms with van der Waals surface area (Å²) in [4.78, 5) is 16.9. The summed E-state index contributed by atoms with van der Waals surface area (Å²) in [5, 5.41) is 0. The SMILES string of the molecule is Cc1cccc(NS(=O)(=O)c2cccc(C(=O)N(C)Cc3ccc(N4CCOCC4)cc3)c2)c1. The largest absolute Gasteiger partial charge is 0.378 e. The van der Waals surface area contributed by atoms with Crippen molar-refractivity contribution in [3.63, 3.8) is 0 Å². The van der Waals surface area contributed by atoms with Crippen LogP contribution in [0.4, 0.5) is 11.4 Å². The van der Waals surface area contributed by atoms with Crippen LogP contribution in [-0.4, -0.2) is 52.6 Å². The van der Waals surface area contributed by atoms with Gasteiger partial charge in [0.1, 0.15) is 0 Å². The lowest BCUT2D eigenvalue weighted by Crippen LogP contribution is -2.36. The van der Waals surface area contributed by atoms with Crippen molar-refractivity contribution in [2.24, 2.45) is 0 Å². The topological polar surface area (TPSA) is 79.0 Å². The molecule has 3 aromatic carbocycles. The predicted octanol–water partition coefficient (Wildman–Crippen LogP) is 3.90. The van der Waals surface area contributed by atoms with Crippen LogP contribution >= 0.6 is 0 Å². The summed E-state index contributed by atoms with van der Waals surface area (Å²) < 4.78 is 33.7. The maximum absolute atomic E-state index is 13.0. The molecule has 0 radical (unpaired) electrons. The van der Waals surface area contributed by atoms with E-state index in [1.807, 2.05) is 25.1 Å². The highest BCUT2D eigenvalue weighted by Crippen LogP contribution is 2.20. The lowest BCUT2D eigenvalue weighted by atomic mass is 10.1. The number of amides is 1. The van der Waals surface area contributed by atoms with Gasteiger partial charge in [0, 0.05) is 43.6 Å². The molecule has 1 fully saturated rings. The number of morpholine rings is 1. The quantitative estimate of drug-likeness (QED) is 0.556. The summed E-state index contributed by atoms with van der Waals surface area (Å²) in [5.74, 6) is -0.245. The van der Waals surface area contributed by atoms with Gasteiger partial charge < -0.3 is 14.5 Å². The summed E-state index contributed by atoms with van der Waals surface area (Å²) >= 11 is 0. The van der Waals surface area contributed by atoms with Crippen LogP contribution in [-0.2, 0) is 21.3 Å². The highest BCUT2D eigenvalue weighted by molar-refractivity contribution is 7.92. The van der Waals surface area contributed by atoms with E-state index in [1.165, 1.54) is 12.1 Å². The molecule has 4 rings (SSSR count). The molecule has 0 atom stereocenters. The maximum atomic E-state index is 13.0. The molecule has 8 heteroatoms. The minimum atomic E-state index is -3.82. The van der Waals surface area contributed by atoms with Gasteiger partial charge in [0.2, 0.25) is 0 Å². The zero-order chi connectivity index (χ0) is 24.1. The zero-order valence-corrected chi connectivity index (χ0v) is 20.2. The molecular formula is C26H29N3O4S. The minimum Gasteiger partial charge on any atom is -0.378 e. The second-order valence-corrected chi connectivity index (χ2v) is 10.1. The third-order valence-electron chi connectivity index (χ3n) is 5.74. The van der Waals surface area contributed by atoms with Crippen molar-refractivity contribution in [3.05, 3.63) is 89.5 Å². The van der Waals surface area contributed by atoms with Gasteiger partial charge in [-0.3, -0.25) is 9.52 Å². The van der Waals surface area contributed by atoms with Crippen LogP contribution in [0.5, 0.6) is 0 Å². The van der Waals surface area contributed by atoms with E-state index in [0.29, 0.717) is 17.8 Å². The van der Waals surface area contributed by atoms with E-state index in [4.69, 9.17) is 4.74 Å². The van der Waals surface area contributed by atoms with Gasteiger partial charge in [0.05, 0.1) is 18.1 Å². The molecule has 1 N–H and O–H groups in total. The van der Waals surface area contributed by atoms with Gasteiger partial charge in [0.15, 0.2) is 0 Å². The average molecular weight is 480 g/mol. The van der Waals surface area contributed by atoms with Crippen molar-refractivity contribution >= 4 is 27.3 Å². The molecular weight excluding hydrogens is 450 g/mol. The van der Waals surface area contributed by atoms with Crippen LogP contribution in [0.15, 0.2) is 77.7 Å². The van der Waals surface area contributed by atoms with E-state index in [-0.39, 0.29) is 10.8 Å². The Bertz CT molecular complexity index is 1250. The maximum Gasteiger partial charge on any atom is 0.261 e. The van der Waals surface area contributed by atoms with E-state index in [0.717, 1.165) is 43.1 Å². The minimum absolute atomic E-state index is 0.0446. The van der Waals surface area contributed by atoms with Gasteiger partial charge in [-0.15, -0.1) is 0 Å².